The lowest BCUT2D eigenvalue weighted by Gasteiger charge is -2.30. The number of phenols is 1. The van der Waals surface area contributed by atoms with Gasteiger partial charge in [-0.2, -0.15) is 4.98 Å². The van der Waals surface area contributed by atoms with Crippen LogP contribution in [-0.2, 0) is 9.53 Å². The zero-order valence-corrected chi connectivity index (χ0v) is 18.4. The monoisotopic (exact) mass is 473 g/mol. The highest BCUT2D eigenvalue weighted by molar-refractivity contribution is 6.32. The molecule has 9 nitrogen and oxygen atoms in total. The topological polar surface area (TPSA) is 109 Å². The Morgan fingerprint density at radius 3 is 2.73 bits per heavy atom. The maximum atomic E-state index is 14.4. The summed E-state index contributed by atoms with van der Waals surface area (Å²) in [6, 6.07) is 8.25. The van der Waals surface area contributed by atoms with Crippen molar-refractivity contribution >= 4 is 46.9 Å². The van der Waals surface area contributed by atoms with E-state index in [1.807, 2.05) is 4.90 Å². The van der Waals surface area contributed by atoms with E-state index in [2.05, 4.69) is 20.6 Å². The lowest BCUT2D eigenvalue weighted by atomic mass is 10.2. The van der Waals surface area contributed by atoms with Gasteiger partial charge in [-0.05, 0) is 42.8 Å². The van der Waals surface area contributed by atoms with Crippen LogP contribution in [0.3, 0.4) is 0 Å². The number of halogens is 2. The number of aryl methyl sites for hydroxylation is 1. The predicted molar refractivity (Wildman–Crippen MR) is 123 cm³/mol. The highest BCUT2D eigenvalue weighted by Gasteiger charge is 2.17. The number of morpholine rings is 1. The van der Waals surface area contributed by atoms with Crippen molar-refractivity contribution in [3.8, 4) is 11.5 Å². The van der Waals surface area contributed by atoms with Crippen LogP contribution in [0.5, 0.6) is 11.5 Å². The van der Waals surface area contributed by atoms with Gasteiger partial charge < -0.3 is 30.1 Å². The quantitative estimate of drug-likeness (QED) is 0.344. The summed E-state index contributed by atoms with van der Waals surface area (Å²) in [7, 11) is 0. The molecular weight excluding hydrogens is 453 g/mol. The van der Waals surface area contributed by atoms with Gasteiger partial charge in [0.1, 0.15) is 5.75 Å². The summed E-state index contributed by atoms with van der Waals surface area (Å²) in [5, 5.41) is 15.9. The second kappa shape index (κ2) is 9.88. The fourth-order valence-corrected chi connectivity index (χ4v) is 3.65. The number of nitrogens with one attached hydrogen (secondary N) is 2. The van der Waals surface area contributed by atoms with Crippen LogP contribution in [0.25, 0.3) is 0 Å². The van der Waals surface area contributed by atoms with E-state index in [4.69, 9.17) is 21.1 Å². The van der Waals surface area contributed by atoms with E-state index in [1.165, 1.54) is 6.07 Å². The molecule has 0 spiro atoms. The first kappa shape index (κ1) is 22.6. The molecule has 1 aliphatic rings. The van der Waals surface area contributed by atoms with Gasteiger partial charge in [0.2, 0.25) is 5.95 Å². The van der Waals surface area contributed by atoms with Crippen molar-refractivity contribution in [3.63, 3.8) is 0 Å². The lowest BCUT2D eigenvalue weighted by molar-refractivity contribution is -0.120. The van der Waals surface area contributed by atoms with E-state index in [0.29, 0.717) is 61.2 Å². The summed E-state index contributed by atoms with van der Waals surface area (Å²) >= 11 is 6.01. The molecule has 1 saturated heterocycles. The maximum Gasteiger partial charge on any atom is 0.298 e. The van der Waals surface area contributed by atoms with Crippen molar-refractivity contribution in [2.75, 3.05) is 41.8 Å². The zero-order chi connectivity index (χ0) is 23.4. The van der Waals surface area contributed by atoms with Gasteiger partial charge in [0.25, 0.3) is 6.47 Å². The second-order valence-electron chi connectivity index (χ2n) is 7.26. The number of rotatable bonds is 7. The van der Waals surface area contributed by atoms with Crippen molar-refractivity contribution in [2.24, 2.45) is 0 Å². The third-order valence-electron chi connectivity index (χ3n) is 5.00. The summed E-state index contributed by atoms with van der Waals surface area (Å²) in [5.74, 6) is -0.197. The van der Waals surface area contributed by atoms with Gasteiger partial charge in [-0.3, -0.25) is 4.79 Å². The fourth-order valence-electron chi connectivity index (χ4n) is 3.39. The van der Waals surface area contributed by atoms with Crippen molar-refractivity contribution in [1.29, 1.82) is 0 Å². The first-order valence-corrected chi connectivity index (χ1v) is 10.4. The van der Waals surface area contributed by atoms with Crippen molar-refractivity contribution in [1.82, 2.24) is 9.97 Å². The lowest BCUT2D eigenvalue weighted by Crippen LogP contribution is -2.36. The molecule has 1 fully saturated rings. The number of phenolic OH excluding ortho intramolecular Hbond substituents is 1. The molecule has 4 rings (SSSR count). The molecule has 3 aromatic rings. The van der Waals surface area contributed by atoms with E-state index in [-0.39, 0.29) is 22.5 Å². The van der Waals surface area contributed by atoms with Crippen molar-refractivity contribution in [3.05, 3.63) is 52.9 Å². The van der Waals surface area contributed by atoms with E-state index in [0.717, 1.165) is 6.20 Å². The molecule has 2 heterocycles. The van der Waals surface area contributed by atoms with E-state index < -0.39 is 5.82 Å². The van der Waals surface area contributed by atoms with Crippen LogP contribution in [0.15, 0.2) is 36.5 Å². The fraction of sp³-hybridized carbons (Fsp3) is 0.227. The van der Waals surface area contributed by atoms with E-state index in [1.54, 1.807) is 31.2 Å². The number of anilines is 5. The van der Waals surface area contributed by atoms with Crippen molar-refractivity contribution in [2.45, 2.75) is 6.92 Å². The minimum atomic E-state index is -0.661. The normalized spacial score (nSPS) is 13.5. The first-order valence-electron chi connectivity index (χ1n) is 10.1. The Labute approximate surface area is 194 Å². The number of nitrogens with zero attached hydrogens (tertiary/aromatic N) is 3. The second-order valence-corrected chi connectivity index (χ2v) is 7.67. The third kappa shape index (κ3) is 5.24. The van der Waals surface area contributed by atoms with Gasteiger partial charge in [0.05, 0.1) is 30.1 Å². The summed E-state index contributed by atoms with van der Waals surface area (Å²) < 4.78 is 24.9. The Morgan fingerprint density at radius 2 is 2.00 bits per heavy atom. The SMILES string of the molecule is Cc1cc(Nc2nc(Nc3ccc(OC=O)c(N4CCOCC4)c3)ncc2F)cc(Cl)c1O. The predicted octanol–water partition coefficient (Wildman–Crippen LogP) is 4.14. The average molecular weight is 474 g/mol. The van der Waals surface area contributed by atoms with Crippen LogP contribution < -0.4 is 20.3 Å². The van der Waals surface area contributed by atoms with Gasteiger partial charge in [-0.25, -0.2) is 9.37 Å². The molecule has 1 aliphatic heterocycles. The summed E-state index contributed by atoms with van der Waals surface area (Å²) in [6.07, 6.45) is 1.04. The van der Waals surface area contributed by atoms with Crippen LogP contribution in [0, 0.1) is 12.7 Å². The maximum absolute atomic E-state index is 14.4. The molecule has 0 saturated carbocycles. The Bertz CT molecular complexity index is 1150. The molecule has 0 atom stereocenters. The van der Waals surface area contributed by atoms with Crippen LogP contribution in [0.2, 0.25) is 5.02 Å². The average Bonchev–Trinajstić information content (AvgIpc) is 2.81. The Kier molecular flexibility index (Phi) is 6.76. The Balaban J connectivity index is 1.58. The minimum absolute atomic E-state index is 0.0363. The first-order chi connectivity index (χ1) is 15.9. The number of hydrogen-bond donors (Lipinski definition) is 3. The van der Waals surface area contributed by atoms with Gasteiger partial charge >= 0.3 is 0 Å². The Hall–Kier alpha value is -3.63. The zero-order valence-electron chi connectivity index (χ0n) is 17.6. The van der Waals surface area contributed by atoms with Crippen LogP contribution in [0.4, 0.5) is 33.2 Å². The van der Waals surface area contributed by atoms with E-state index >= 15 is 0 Å². The Morgan fingerprint density at radius 1 is 1.21 bits per heavy atom. The van der Waals surface area contributed by atoms with Crippen LogP contribution in [0.1, 0.15) is 5.56 Å². The third-order valence-corrected chi connectivity index (χ3v) is 5.29. The highest BCUT2D eigenvalue weighted by Crippen LogP contribution is 2.34. The highest BCUT2D eigenvalue weighted by atomic mass is 35.5. The molecule has 0 amide bonds. The molecule has 0 bridgehead atoms. The van der Waals surface area contributed by atoms with Crippen LogP contribution in [-0.4, -0.2) is 47.8 Å². The number of carbonyl (C=O) groups excluding carboxylic acids is 1. The molecule has 2 aromatic carbocycles. The molecule has 0 radical (unpaired) electrons. The van der Waals surface area contributed by atoms with Gasteiger partial charge in [-0.15, -0.1) is 0 Å². The van der Waals surface area contributed by atoms with Crippen LogP contribution >= 0.6 is 11.6 Å². The number of carbonyl (C=O) groups is 1. The number of ether oxygens (including phenoxy) is 2. The molecular formula is C22H21ClFN5O4. The van der Waals surface area contributed by atoms with Gasteiger partial charge in [0, 0.05) is 24.5 Å². The summed E-state index contributed by atoms with van der Waals surface area (Å²) in [4.78, 5) is 21.2. The van der Waals surface area contributed by atoms with Gasteiger partial charge in [-0.1, -0.05) is 11.6 Å². The molecule has 3 N–H and O–H groups in total. The molecule has 172 valence electrons. The number of benzene rings is 2. The van der Waals surface area contributed by atoms with Crippen molar-refractivity contribution < 1.29 is 23.8 Å². The standard InChI is InChI=1S/C22H21ClFN5O4/c1-13-8-15(9-16(23)20(13)31)26-21-17(24)11-25-22(28-21)27-14-2-3-19(33-12-30)18(10-14)29-4-6-32-7-5-29/h2-3,8-12,31H,4-7H2,1H3,(H2,25,26,27,28). The number of aromatic hydroxyl groups is 1. The van der Waals surface area contributed by atoms with E-state index in [9.17, 15) is 14.3 Å². The molecule has 0 aliphatic carbocycles. The largest absolute Gasteiger partial charge is 0.506 e. The number of hydrogen-bond acceptors (Lipinski definition) is 9. The summed E-state index contributed by atoms with van der Waals surface area (Å²) in [6.45, 7) is 4.48. The number of aromatic nitrogens is 2. The summed E-state index contributed by atoms with van der Waals surface area (Å²) in [5.41, 5.74) is 2.33. The minimum Gasteiger partial charge on any atom is -0.506 e. The molecule has 0 unspecified atom stereocenters. The molecule has 33 heavy (non-hydrogen) atoms. The molecule has 11 heteroatoms. The molecule has 1 aromatic heterocycles. The smallest absolute Gasteiger partial charge is 0.298 e. The van der Waals surface area contributed by atoms with Gasteiger partial charge in [0.15, 0.2) is 17.4 Å².